The number of carboxylic acid groups (broad SMARTS) is 2. The zero-order chi connectivity index (χ0) is 15.9. The molecule has 1 aromatic rings. The molecule has 21 heavy (non-hydrogen) atoms. The maximum atomic E-state index is 12.2. The van der Waals surface area contributed by atoms with Crippen molar-refractivity contribution in [2.75, 3.05) is 6.16 Å². The van der Waals surface area contributed by atoms with Crippen molar-refractivity contribution < 1.29 is 29.3 Å². The highest BCUT2D eigenvalue weighted by molar-refractivity contribution is 7.57. The molecule has 0 amide bonds. The summed E-state index contributed by atoms with van der Waals surface area (Å²) in [5.41, 5.74) is 0.679. The molecular weight excluding hydrogens is 295 g/mol. The van der Waals surface area contributed by atoms with Crippen LogP contribution in [0.15, 0.2) is 30.3 Å². The van der Waals surface area contributed by atoms with E-state index in [1.807, 2.05) is 0 Å². The van der Waals surface area contributed by atoms with Gasteiger partial charge in [-0.3, -0.25) is 14.2 Å². The molecule has 0 radical (unpaired) electrons. The lowest BCUT2D eigenvalue weighted by atomic mass is 10.0. The lowest BCUT2D eigenvalue weighted by Crippen LogP contribution is -2.19. The summed E-state index contributed by atoms with van der Waals surface area (Å²) in [4.78, 5) is 31.5. The van der Waals surface area contributed by atoms with Crippen molar-refractivity contribution in [1.29, 1.82) is 0 Å². The first-order chi connectivity index (χ1) is 9.80. The van der Waals surface area contributed by atoms with E-state index >= 15 is 0 Å². The van der Waals surface area contributed by atoms with Gasteiger partial charge in [0.15, 0.2) is 0 Å². The van der Waals surface area contributed by atoms with Crippen LogP contribution in [-0.2, 0) is 20.3 Å². The van der Waals surface area contributed by atoms with Crippen molar-refractivity contribution in [1.82, 2.24) is 0 Å². The smallest absolute Gasteiger partial charge is 0.307 e. The van der Waals surface area contributed by atoms with Crippen molar-refractivity contribution in [3.05, 3.63) is 35.9 Å². The van der Waals surface area contributed by atoms with E-state index in [2.05, 4.69) is 0 Å². The van der Waals surface area contributed by atoms with Crippen molar-refractivity contribution in [2.45, 2.75) is 25.4 Å². The maximum Gasteiger partial charge on any atom is 0.307 e. The minimum Gasteiger partial charge on any atom is -0.481 e. The van der Waals surface area contributed by atoms with Crippen molar-refractivity contribution >= 4 is 19.3 Å². The van der Waals surface area contributed by atoms with Gasteiger partial charge in [-0.2, -0.15) is 0 Å². The SMILES string of the molecule is O=C(O)CCCC(CP(=O)(O)Cc1ccccc1)C(=O)O. The molecule has 2 unspecified atom stereocenters. The molecule has 3 N–H and O–H groups in total. The summed E-state index contributed by atoms with van der Waals surface area (Å²) in [5.74, 6) is -3.16. The average molecular weight is 314 g/mol. The summed E-state index contributed by atoms with van der Waals surface area (Å²) >= 11 is 0. The summed E-state index contributed by atoms with van der Waals surface area (Å²) in [6.07, 6.45) is -0.287. The Kier molecular flexibility index (Phi) is 6.59. The highest BCUT2D eigenvalue weighted by Gasteiger charge is 2.28. The molecule has 0 bridgehead atoms. The topological polar surface area (TPSA) is 112 Å². The molecule has 0 heterocycles. The summed E-state index contributed by atoms with van der Waals surface area (Å²) in [5, 5.41) is 17.6. The molecule has 0 fully saturated rings. The highest BCUT2D eigenvalue weighted by atomic mass is 31.2. The molecule has 116 valence electrons. The Morgan fingerprint density at radius 2 is 1.76 bits per heavy atom. The van der Waals surface area contributed by atoms with Crippen LogP contribution in [0.2, 0.25) is 0 Å². The summed E-state index contributed by atoms with van der Waals surface area (Å²) in [6.45, 7) is 0. The van der Waals surface area contributed by atoms with E-state index in [-0.39, 0.29) is 31.6 Å². The quantitative estimate of drug-likeness (QED) is 0.603. The predicted molar refractivity (Wildman–Crippen MR) is 77.5 cm³/mol. The van der Waals surface area contributed by atoms with Crippen molar-refractivity contribution in [3.63, 3.8) is 0 Å². The van der Waals surface area contributed by atoms with Crippen molar-refractivity contribution in [2.24, 2.45) is 5.92 Å². The fraction of sp³-hybridized carbons (Fsp3) is 0.429. The monoisotopic (exact) mass is 314 g/mol. The Morgan fingerprint density at radius 1 is 1.14 bits per heavy atom. The number of hydrogen-bond acceptors (Lipinski definition) is 3. The van der Waals surface area contributed by atoms with Crippen LogP contribution in [0.5, 0.6) is 0 Å². The van der Waals surface area contributed by atoms with Gasteiger partial charge in [-0.25, -0.2) is 0 Å². The molecule has 0 aromatic heterocycles. The van der Waals surface area contributed by atoms with E-state index in [0.29, 0.717) is 5.56 Å². The average Bonchev–Trinajstić information content (AvgIpc) is 2.37. The van der Waals surface area contributed by atoms with Crippen LogP contribution < -0.4 is 0 Å². The van der Waals surface area contributed by atoms with Gasteiger partial charge in [0.2, 0.25) is 7.37 Å². The molecular formula is C14H19O6P. The summed E-state index contributed by atoms with van der Waals surface area (Å²) in [7, 11) is -3.62. The molecule has 0 aliphatic rings. The molecule has 0 saturated heterocycles. The Labute approximate surface area is 122 Å². The number of rotatable bonds is 9. The van der Waals surface area contributed by atoms with E-state index in [1.54, 1.807) is 30.3 Å². The number of aliphatic carboxylic acids is 2. The second-order valence-corrected chi connectivity index (χ2v) is 7.37. The first-order valence-corrected chi connectivity index (χ1v) is 8.62. The Bertz CT molecular complexity index is 528. The Hall–Kier alpha value is -1.65. The fourth-order valence-corrected chi connectivity index (χ4v) is 4.01. The van der Waals surface area contributed by atoms with Crippen LogP contribution >= 0.6 is 7.37 Å². The van der Waals surface area contributed by atoms with Crippen LogP contribution in [0.25, 0.3) is 0 Å². The van der Waals surface area contributed by atoms with Crippen LogP contribution in [0.3, 0.4) is 0 Å². The van der Waals surface area contributed by atoms with E-state index < -0.39 is 25.2 Å². The van der Waals surface area contributed by atoms with Crippen LogP contribution in [0, 0.1) is 5.92 Å². The summed E-state index contributed by atoms with van der Waals surface area (Å²) in [6, 6.07) is 8.71. The molecule has 0 saturated carbocycles. The molecule has 0 aliphatic carbocycles. The van der Waals surface area contributed by atoms with E-state index in [1.165, 1.54) is 0 Å². The van der Waals surface area contributed by atoms with Gasteiger partial charge in [0, 0.05) is 18.7 Å². The molecule has 1 rings (SSSR count). The highest BCUT2D eigenvalue weighted by Crippen LogP contribution is 2.46. The number of carbonyl (C=O) groups is 2. The molecule has 7 heteroatoms. The zero-order valence-electron chi connectivity index (χ0n) is 11.5. The van der Waals surface area contributed by atoms with Crippen LogP contribution in [-0.4, -0.2) is 33.2 Å². The third kappa shape index (κ3) is 7.06. The fourth-order valence-electron chi connectivity index (χ4n) is 2.07. The second-order valence-electron chi connectivity index (χ2n) is 4.99. The van der Waals surface area contributed by atoms with Crippen LogP contribution in [0.1, 0.15) is 24.8 Å². The van der Waals surface area contributed by atoms with Gasteiger partial charge in [-0.05, 0) is 18.4 Å². The maximum absolute atomic E-state index is 12.2. The lowest BCUT2D eigenvalue weighted by molar-refractivity contribution is -0.142. The predicted octanol–water partition coefficient (Wildman–Crippen LogP) is 2.41. The van der Waals surface area contributed by atoms with E-state index in [9.17, 15) is 19.0 Å². The Balaban J connectivity index is 2.62. The standard InChI is InChI=1S/C14H19O6P/c15-13(16)8-4-7-12(14(17)18)10-21(19,20)9-11-5-2-1-3-6-11/h1-3,5-6,12H,4,7-10H2,(H,15,16)(H,17,18)(H,19,20). The number of benzene rings is 1. The number of hydrogen-bond donors (Lipinski definition) is 3. The van der Waals surface area contributed by atoms with Gasteiger partial charge in [-0.1, -0.05) is 30.3 Å². The minimum absolute atomic E-state index is 0.0729. The second kappa shape index (κ2) is 7.96. The first kappa shape index (κ1) is 17.4. The first-order valence-electron chi connectivity index (χ1n) is 6.59. The van der Waals surface area contributed by atoms with Gasteiger partial charge in [0.25, 0.3) is 0 Å². The van der Waals surface area contributed by atoms with Gasteiger partial charge < -0.3 is 15.1 Å². The minimum atomic E-state index is -3.62. The lowest BCUT2D eigenvalue weighted by Gasteiger charge is -2.17. The van der Waals surface area contributed by atoms with E-state index in [0.717, 1.165) is 0 Å². The molecule has 6 nitrogen and oxygen atoms in total. The number of carboxylic acids is 2. The van der Waals surface area contributed by atoms with Crippen LogP contribution in [0.4, 0.5) is 0 Å². The van der Waals surface area contributed by atoms with Gasteiger partial charge >= 0.3 is 11.9 Å². The van der Waals surface area contributed by atoms with Gasteiger partial charge in [0.05, 0.1) is 5.92 Å². The summed E-state index contributed by atoms with van der Waals surface area (Å²) < 4.78 is 12.2. The van der Waals surface area contributed by atoms with Gasteiger partial charge in [0.1, 0.15) is 0 Å². The zero-order valence-corrected chi connectivity index (χ0v) is 12.4. The van der Waals surface area contributed by atoms with E-state index in [4.69, 9.17) is 10.2 Å². The largest absolute Gasteiger partial charge is 0.481 e. The third-order valence-corrected chi connectivity index (χ3v) is 4.94. The Morgan fingerprint density at radius 3 is 2.29 bits per heavy atom. The molecule has 0 aliphatic heterocycles. The third-order valence-electron chi connectivity index (χ3n) is 3.07. The normalized spacial score (nSPS) is 15.1. The molecule has 2 atom stereocenters. The van der Waals surface area contributed by atoms with Crippen molar-refractivity contribution in [3.8, 4) is 0 Å². The molecule has 1 aromatic carbocycles. The molecule has 0 spiro atoms. The van der Waals surface area contributed by atoms with Gasteiger partial charge in [-0.15, -0.1) is 0 Å².